The molecule has 0 saturated carbocycles. The number of rotatable bonds is 2. The van der Waals surface area contributed by atoms with Crippen molar-refractivity contribution in [3.8, 4) is 0 Å². The van der Waals surface area contributed by atoms with Gasteiger partial charge in [-0.15, -0.1) is 0 Å². The maximum Gasteiger partial charge on any atom is 0.496 e. The molecule has 3 saturated heterocycles. The highest BCUT2D eigenvalue weighted by Gasteiger charge is 2.52. The van der Waals surface area contributed by atoms with Gasteiger partial charge in [0.2, 0.25) is 0 Å². The van der Waals surface area contributed by atoms with Crippen LogP contribution in [0.1, 0.15) is 48.5 Å². The zero-order chi connectivity index (χ0) is 21.9. The van der Waals surface area contributed by atoms with Gasteiger partial charge in [0.1, 0.15) is 11.4 Å². The smallest absolute Gasteiger partial charge is 0.444 e. The van der Waals surface area contributed by atoms with Gasteiger partial charge < -0.3 is 23.8 Å². The van der Waals surface area contributed by atoms with Crippen molar-refractivity contribution >= 4 is 24.5 Å². The second-order valence-corrected chi connectivity index (χ2v) is 10.8. The standard InChI is InChI=1S/C22H34BN3O4/c1-20(2,3)28-19(27)26-13-15-11-25(12-16(15)14-26)18-9-8-17(10-24-18)23-29-21(4,5)22(6,7)30-23/h8-10,15-16H,11-14H2,1-7H3. The van der Waals surface area contributed by atoms with Crippen LogP contribution in [0.4, 0.5) is 10.6 Å². The second kappa shape index (κ2) is 7.13. The summed E-state index contributed by atoms with van der Waals surface area (Å²) in [5.41, 5.74) is -0.234. The molecule has 1 amide bonds. The highest BCUT2D eigenvalue weighted by Crippen LogP contribution is 2.37. The van der Waals surface area contributed by atoms with E-state index >= 15 is 0 Å². The molecule has 30 heavy (non-hydrogen) atoms. The van der Waals surface area contributed by atoms with Gasteiger partial charge in [0.25, 0.3) is 0 Å². The molecule has 4 rings (SSSR count). The summed E-state index contributed by atoms with van der Waals surface area (Å²) >= 11 is 0. The van der Waals surface area contributed by atoms with Gasteiger partial charge in [-0.2, -0.15) is 0 Å². The van der Waals surface area contributed by atoms with Crippen LogP contribution in [-0.4, -0.2) is 66.1 Å². The summed E-state index contributed by atoms with van der Waals surface area (Å²) in [5.74, 6) is 1.89. The minimum Gasteiger partial charge on any atom is -0.444 e. The topological polar surface area (TPSA) is 64.1 Å². The van der Waals surface area contributed by atoms with Gasteiger partial charge in [0.05, 0.1) is 11.2 Å². The molecule has 3 aliphatic rings. The molecule has 0 radical (unpaired) electrons. The molecule has 2 unspecified atom stereocenters. The minimum absolute atomic E-state index is 0.201. The number of amides is 1. The van der Waals surface area contributed by atoms with Crippen LogP contribution < -0.4 is 10.4 Å². The molecule has 3 aliphatic heterocycles. The fourth-order valence-corrected chi connectivity index (χ4v) is 4.36. The predicted molar refractivity (Wildman–Crippen MR) is 117 cm³/mol. The molecule has 3 fully saturated rings. The molecule has 2 atom stereocenters. The number of anilines is 1. The molecule has 0 bridgehead atoms. The van der Waals surface area contributed by atoms with Crippen molar-refractivity contribution < 1.29 is 18.8 Å². The quantitative estimate of drug-likeness (QED) is 0.693. The first-order valence-corrected chi connectivity index (χ1v) is 10.9. The van der Waals surface area contributed by atoms with E-state index in [1.807, 2.05) is 44.0 Å². The number of ether oxygens (including phenoxy) is 1. The van der Waals surface area contributed by atoms with E-state index < -0.39 is 12.7 Å². The monoisotopic (exact) mass is 415 g/mol. The highest BCUT2D eigenvalue weighted by atomic mass is 16.7. The number of carbonyl (C=O) groups excluding carboxylic acids is 1. The lowest BCUT2D eigenvalue weighted by molar-refractivity contribution is 0.00578. The van der Waals surface area contributed by atoms with Crippen LogP contribution in [0.25, 0.3) is 0 Å². The van der Waals surface area contributed by atoms with Crippen LogP contribution >= 0.6 is 0 Å². The minimum atomic E-state index is -0.455. The fourth-order valence-electron chi connectivity index (χ4n) is 4.36. The summed E-state index contributed by atoms with van der Waals surface area (Å²) in [6.45, 7) is 17.3. The summed E-state index contributed by atoms with van der Waals surface area (Å²) in [6, 6.07) is 4.10. The van der Waals surface area contributed by atoms with Crippen molar-refractivity contribution in [2.75, 3.05) is 31.1 Å². The molecule has 0 spiro atoms. The highest BCUT2D eigenvalue weighted by molar-refractivity contribution is 6.62. The first-order valence-electron chi connectivity index (χ1n) is 10.9. The molecule has 0 aliphatic carbocycles. The lowest BCUT2D eigenvalue weighted by Gasteiger charge is -2.32. The van der Waals surface area contributed by atoms with E-state index in [-0.39, 0.29) is 17.3 Å². The van der Waals surface area contributed by atoms with E-state index in [9.17, 15) is 4.79 Å². The van der Waals surface area contributed by atoms with Crippen molar-refractivity contribution in [2.45, 2.75) is 65.3 Å². The van der Waals surface area contributed by atoms with E-state index in [1.165, 1.54) is 0 Å². The number of nitrogens with zero attached hydrogens (tertiary/aromatic N) is 3. The zero-order valence-corrected chi connectivity index (χ0v) is 19.3. The molecule has 1 aromatic rings. The molecule has 4 heterocycles. The van der Waals surface area contributed by atoms with Gasteiger partial charge in [-0.3, -0.25) is 0 Å². The van der Waals surface area contributed by atoms with Crippen LogP contribution in [0, 0.1) is 11.8 Å². The van der Waals surface area contributed by atoms with Crippen LogP contribution in [-0.2, 0) is 14.0 Å². The summed E-state index contributed by atoms with van der Waals surface area (Å²) < 4.78 is 17.8. The largest absolute Gasteiger partial charge is 0.496 e. The Hall–Kier alpha value is -1.80. The number of fused-ring (bicyclic) bond motifs is 1. The van der Waals surface area contributed by atoms with Gasteiger partial charge in [-0.05, 0) is 54.5 Å². The fraction of sp³-hybridized carbons (Fsp3) is 0.727. The third kappa shape index (κ3) is 4.04. The summed E-state index contributed by atoms with van der Waals surface area (Å²) in [4.78, 5) is 21.2. The SMILES string of the molecule is CC(C)(C)OC(=O)N1CC2CN(c3ccc(B4OC(C)(C)C(C)(C)O4)cn3)CC2C1. The van der Waals surface area contributed by atoms with Crippen molar-refractivity contribution in [2.24, 2.45) is 11.8 Å². The van der Waals surface area contributed by atoms with Crippen LogP contribution in [0.5, 0.6) is 0 Å². The normalized spacial score (nSPS) is 27.5. The maximum atomic E-state index is 12.4. The van der Waals surface area contributed by atoms with Crippen LogP contribution in [0.3, 0.4) is 0 Å². The molecule has 0 N–H and O–H groups in total. The summed E-state index contributed by atoms with van der Waals surface area (Å²) in [7, 11) is -0.392. The van der Waals surface area contributed by atoms with E-state index in [1.54, 1.807) is 0 Å². The second-order valence-electron chi connectivity index (χ2n) is 10.8. The van der Waals surface area contributed by atoms with Crippen molar-refractivity contribution in [1.82, 2.24) is 9.88 Å². The number of pyridine rings is 1. The number of likely N-dealkylation sites (tertiary alicyclic amines) is 1. The van der Waals surface area contributed by atoms with Crippen molar-refractivity contribution in [3.63, 3.8) is 0 Å². The molecular weight excluding hydrogens is 381 g/mol. The first-order chi connectivity index (χ1) is 13.8. The number of aromatic nitrogens is 1. The molecule has 7 nitrogen and oxygen atoms in total. The van der Waals surface area contributed by atoms with Gasteiger partial charge in [0.15, 0.2) is 0 Å². The average molecular weight is 415 g/mol. The Kier molecular flexibility index (Phi) is 5.09. The summed E-state index contributed by atoms with van der Waals surface area (Å²) in [6.07, 6.45) is 1.66. The number of hydrogen-bond donors (Lipinski definition) is 0. The molecule has 0 aromatic carbocycles. The van der Waals surface area contributed by atoms with Crippen LogP contribution in [0.15, 0.2) is 18.3 Å². The number of carbonyl (C=O) groups is 1. The Morgan fingerprint density at radius 3 is 2.10 bits per heavy atom. The van der Waals surface area contributed by atoms with E-state index in [2.05, 4.69) is 32.6 Å². The molecule has 8 heteroatoms. The molecule has 164 valence electrons. The Morgan fingerprint density at radius 2 is 1.63 bits per heavy atom. The van der Waals surface area contributed by atoms with Crippen LogP contribution in [0.2, 0.25) is 0 Å². The predicted octanol–water partition coefficient (Wildman–Crippen LogP) is 2.68. The third-order valence-electron chi connectivity index (χ3n) is 6.76. The lowest BCUT2D eigenvalue weighted by Crippen LogP contribution is -2.41. The Balaban J connectivity index is 1.35. The third-order valence-corrected chi connectivity index (χ3v) is 6.76. The van der Waals surface area contributed by atoms with Gasteiger partial charge in [0, 0.05) is 49.7 Å². The lowest BCUT2D eigenvalue weighted by atomic mass is 9.80. The van der Waals surface area contributed by atoms with E-state index in [0.717, 1.165) is 37.5 Å². The van der Waals surface area contributed by atoms with Crippen molar-refractivity contribution in [1.29, 1.82) is 0 Å². The van der Waals surface area contributed by atoms with E-state index in [4.69, 9.17) is 19.0 Å². The van der Waals surface area contributed by atoms with Gasteiger partial charge in [-0.25, -0.2) is 9.78 Å². The maximum absolute atomic E-state index is 12.4. The zero-order valence-electron chi connectivity index (χ0n) is 19.3. The Morgan fingerprint density at radius 1 is 1.07 bits per heavy atom. The van der Waals surface area contributed by atoms with E-state index in [0.29, 0.717) is 11.8 Å². The Bertz CT molecular complexity index is 776. The first kappa shape index (κ1) is 21.4. The molecule has 1 aromatic heterocycles. The summed E-state index contributed by atoms with van der Waals surface area (Å²) in [5, 5.41) is 0. The average Bonchev–Trinajstić information content (AvgIpc) is 3.23. The Labute approximate surface area is 180 Å². The van der Waals surface area contributed by atoms with Gasteiger partial charge in [-0.1, -0.05) is 6.07 Å². The van der Waals surface area contributed by atoms with Gasteiger partial charge >= 0.3 is 13.2 Å². The number of hydrogen-bond acceptors (Lipinski definition) is 6. The van der Waals surface area contributed by atoms with Crippen molar-refractivity contribution in [3.05, 3.63) is 18.3 Å². The molecular formula is C22H34BN3O4.